The third-order valence-electron chi connectivity index (χ3n) is 6.36. The number of nitrogens with zero attached hydrogens (tertiary/aromatic N) is 3. The third-order valence-corrected chi connectivity index (χ3v) is 7.19. The number of nitrogens with one attached hydrogen (secondary N) is 1. The fourth-order valence-electron chi connectivity index (χ4n) is 4.32. The molecule has 0 spiro atoms. The number of aromatic nitrogens is 1. The van der Waals surface area contributed by atoms with Crippen LogP contribution in [0.25, 0.3) is 22.6 Å². The van der Waals surface area contributed by atoms with Gasteiger partial charge in [0, 0.05) is 35.4 Å². The summed E-state index contributed by atoms with van der Waals surface area (Å²) in [5.41, 5.74) is 3.06. The number of non-ortho nitro benzene ring substituents is 1. The Morgan fingerprint density at radius 2 is 1.94 bits per heavy atom. The molecule has 5 rings (SSSR count). The first-order valence-electron chi connectivity index (χ1n) is 11.5. The Morgan fingerprint density at radius 1 is 1.17 bits per heavy atom. The summed E-state index contributed by atoms with van der Waals surface area (Å²) in [5, 5.41) is 14.8. The number of oxazole rings is 1. The largest absolute Gasteiger partial charge is 0.436 e. The van der Waals surface area contributed by atoms with Crippen LogP contribution in [0.3, 0.4) is 0 Å². The third kappa shape index (κ3) is 4.94. The SMILES string of the molecule is CC1CCN(c2ccc([N+](=O)[O-])cc2C(=O)Nc2ccc3oc(-c4cc(Br)ccc4Cl)nc3c2)CC1. The number of piperidine rings is 1. The van der Waals surface area contributed by atoms with Gasteiger partial charge in [-0.2, -0.15) is 0 Å². The van der Waals surface area contributed by atoms with Crippen molar-refractivity contribution in [1.29, 1.82) is 0 Å². The highest BCUT2D eigenvalue weighted by molar-refractivity contribution is 9.10. The minimum atomic E-state index is -0.491. The van der Waals surface area contributed by atoms with Crippen molar-refractivity contribution in [1.82, 2.24) is 4.98 Å². The molecule has 0 saturated carbocycles. The Hall–Kier alpha value is -3.43. The number of halogens is 2. The van der Waals surface area contributed by atoms with Gasteiger partial charge in [0.2, 0.25) is 5.89 Å². The summed E-state index contributed by atoms with van der Waals surface area (Å²) in [5.74, 6) is 0.549. The van der Waals surface area contributed by atoms with E-state index in [-0.39, 0.29) is 11.3 Å². The number of anilines is 2. The number of nitro groups is 1. The molecule has 0 atom stereocenters. The maximum absolute atomic E-state index is 13.3. The van der Waals surface area contributed by atoms with E-state index in [1.807, 2.05) is 12.1 Å². The quantitative estimate of drug-likeness (QED) is 0.200. The van der Waals surface area contributed by atoms with Crippen LogP contribution in [0.2, 0.25) is 5.02 Å². The summed E-state index contributed by atoms with van der Waals surface area (Å²) >= 11 is 9.75. The average Bonchev–Trinajstić information content (AvgIpc) is 3.29. The van der Waals surface area contributed by atoms with Crippen LogP contribution in [0.5, 0.6) is 0 Å². The standard InChI is InChI=1S/C26H22BrClN4O4/c1-15-8-10-31(11-9-15)23-6-4-18(32(34)35)14-20(23)25(33)29-17-3-7-24-22(13-17)30-26(36-24)19-12-16(27)2-5-21(19)28/h2-7,12-15H,8-11H2,1H3,(H,29,33). The molecule has 3 aromatic carbocycles. The minimum absolute atomic E-state index is 0.128. The predicted molar refractivity (Wildman–Crippen MR) is 144 cm³/mol. The molecule has 0 unspecified atom stereocenters. The molecule has 0 radical (unpaired) electrons. The number of fused-ring (bicyclic) bond motifs is 1. The normalized spacial score (nSPS) is 14.2. The van der Waals surface area contributed by atoms with Gasteiger partial charge >= 0.3 is 0 Å². The van der Waals surface area contributed by atoms with Crippen molar-refractivity contribution < 1.29 is 14.1 Å². The first-order valence-corrected chi connectivity index (χ1v) is 12.7. The summed E-state index contributed by atoms with van der Waals surface area (Å²) in [4.78, 5) is 30.9. The van der Waals surface area contributed by atoms with Crippen LogP contribution in [-0.4, -0.2) is 28.9 Å². The van der Waals surface area contributed by atoms with Crippen LogP contribution < -0.4 is 10.2 Å². The topological polar surface area (TPSA) is 102 Å². The zero-order valence-corrected chi connectivity index (χ0v) is 21.7. The zero-order valence-electron chi connectivity index (χ0n) is 19.3. The monoisotopic (exact) mass is 568 g/mol. The van der Waals surface area contributed by atoms with E-state index in [0.29, 0.717) is 44.9 Å². The summed E-state index contributed by atoms with van der Waals surface area (Å²) < 4.78 is 6.71. The number of nitro benzene ring substituents is 1. The molecular formula is C26H22BrClN4O4. The summed E-state index contributed by atoms with van der Waals surface area (Å²) in [6.45, 7) is 3.80. The second-order valence-corrected chi connectivity index (χ2v) is 10.2. The number of hydrogen-bond donors (Lipinski definition) is 1. The molecule has 4 aromatic rings. The van der Waals surface area contributed by atoms with Gasteiger partial charge in [0.1, 0.15) is 5.52 Å². The fourth-order valence-corrected chi connectivity index (χ4v) is 4.88. The van der Waals surface area contributed by atoms with E-state index in [0.717, 1.165) is 30.4 Å². The van der Waals surface area contributed by atoms with Gasteiger partial charge in [-0.05, 0) is 61.2 Å². The van der Waals surface area contributed by atoms with Gasteiger partial charge in [-0.15, -0.1) is 0 Å². The Kier molecular flexibility index (Phi) is 6.68. The van der Waals surface area contributed by atoms with Crippen LogP contribution >= 0.6 is 27.5 Å². The van der Waals surface area contributed by atoms with Gasteiger partial charge in [0.05, 0.1) is 26.8 Å². The van der Waals surface area contributed by atoms with E-state index in [4.69, 9.17) is 16.0 Å². The lowest BCUT2D eigenvalue weighted by atomic mass is 9.98. The van der Waals surface area contributed by atoms with Gasteiger partial charge in [0.25, 0.3) is 11.6 Å². The minimum Gasteiger partial charge on any atom is -0.436 e. The van der Waals surface area contributed by atoms with Crippen molar-refractivity contribution in [2.24, 2.45) is 5.92 Å². The van der Waals surface area contributed by atoms with Crippen molar-refractivity contribution in [3.8, 4) is 11.5 Å². The molecule has 36 heavy (non-hydrogen) atoms. The van der Waals surface area contributed by atoms with Gasteiger partial charge in [-0.3, -0.25) is 14.9 Å². The lowest BCUT2D eigenvalue weighted by molar-refractivity contribution is -0.384. The lowest BCUT2D eigenvalue weighted by Gasteiger charge is -2.33. The average molecular weight is 570 g/mol. The number of carbonyl (C=O) groups excluding carboxylic acids is 1. The second kappa shape index (κ2) is 9.91. The van der Waals surface area contributed by atoms with E-state index >= 15 is 0 Å². The van der Waals surface area contributed by atoms with Crippen LogP contribution in [0.1, 0.15) is 30.1 Å². The van der Waals surface area contributed by atoms with Crippen LogP contribution in [0.15, 0.2) is 63.5 Å². The molecule has 2 heterocycles. The van der Waals surface area contributed by atoms with E-state index in [1.165, 1.54) is 12.1 Å². The maximum atomic E-state index is 13.3. The molecule has 1 N–H and O–H groups in total. The van der Waals surface area contributed by atoms with Gasteiger partial charge in [0.15, 0.2) is 5.58 Å². The van der Waals surface area contributed by atoms with Crippen molar-refractivity contribution in [2.75, 3.05) is 23.3 Å². The van der Waals surface area contributed by atoms with Crippen molar-refractivity contribution in [3.63, 3.8) is 0 Å². The highest BCUT2D eigenvalue weighted by Crippen LogP contribution is 2.34. The smallest absolute Gasteiger partial charge is 0.270 e. The number of amides is 1. The van der Waals surface area contributed by atoms with Crippen LogP contribution in [0, 0.1) is 16.0 Å². The highest BCUT2D eigenvalue weighted by Gasteiger charge is 2.24. The van der Waals surface area contributed by atoms with Gasteiger partial charge in [-0.1, -0.05) is 34.5 Å². The first-order chi connectivity index (χ1) is 17.3. The van der Waals surface area contributed by atoms with Crippen LogP contribution in [0.4, 0.5) is 17.1 Å². The zero-order chi connectivity index (χ0) is 25.4. The Balaban J connectivity index is 1.45. The number of carbonyl (C=O) groups is 1. The Morgan fingerprint density at radius 3 is 2.69 bits per heavy atom. The molecule has 1 saturated heterocycles. The molecule has 0 bridgehead atoms. The van der Waals surface area contributed by atoms with Gasteiger partial charge in [-0.25, -0.2) is 4.98 Å². The van der Waals surface area contributed by atoms with E-state index in [9.17, 15) is 14.9 Å². The van der Waals surface area contributed by atoms with E-state index in [2.05, 4.69) is 38.1 Å². The molecule has 0 aliphatic carbocycles. The number of rotatable bonds is 5. The lowest BCUT2D eigenvalue weighted by Crippen LogP contribution is -2.34. The molecular weight excluding hydrogens is 548 g/mol. The van der Waals surface area contributed by atoms with Crippen LogP contribution in [-0.2, 0) is 0 Å². The number of benzene rings is 3. The summed E-state index contributed by atoms with van der Waals surface area (Å²) in [6.07, 6.45) is 2.01. The molecule has 8 nitrogen and oxygen atoms in total. The molecule has 184 valence electrons. The molecule has 10 heteroatoms. The molecule has 1 fully saturated rings. The van der Waals surface area contributed by atoms with E-state index < -0.39 is 10.8 Å². The summed E-state index contributed by atoms with van der Waals surface area (Å²) in [7, 11) is 0. The molecule has 1 aromatic heterocycles. The Bertz CT molecular complexity index is 1480. The van der Waals surface area contributed by atoms with Crippen molar-refractivity contribution in [2.45, 2.75) is 19.8 Å². The second-order valence-electron chi connectivity index (χ2n) is 8.91. The van der Waals surface area contributed by atoms with E-state index in [1.54, 1.807) is 30.3 Å². The van der Waals surface area contributed by atoms with Crippen molar-refractivity contribution >= 4 is 61.6 Å². The maximum Gasteiger partial charge on any atom is 0.270 e. The van der Waals surface area contributed by atoms with Gasteiger partial charge < -0.3 is 14.6 Å². The molecule has 1 aliphatic rings. The highest BCUT2D eigenvalue weighted by atomic mass is 79.9. The number of hydrogen-bond acceptors (Lipinski definition) is 6. The Labute approximate surface area is 220 Å². The summed E-state index contributed by atoms with van der Waals surface area (Å²) in [6, 6.07) is 15.0. The fraction of sp³-hybridized carbons (Fsp3) is 0.231. The predicted octanol–water partition coefficient (Wildman–Crippen LogP) is 7.31. The van der Waals surface area contributed by atoms with Crippen molar-refractivity contribution in [3.05, 3.63) is 79.8 Å². The molecule has 1 aliphatic heterocycles. The first kappa shape index (κ1) is 24.3. The molecule has 1 amide bonds.